The number of hydrogen-bond donors (Lipinski definition) is 0. The lowest BCUT2D eigenvalue weighted by Gasteiger charge is -1.89. The molecule has 2 aromatic heterocycles. The summed E-state index contributed by atoms with van der Waals surface area (Å²) < 4.78 is 5.36. The predicted molar refractivity (Wildman–Crippen MR) is 49.3 cm³/mol. The van der Waals surface area contributed by atoms with Crippen molar-refractivity contribution in [2.45, 2.75) is 6.92 Å². The van der Waals surface area contributed by atoms with E-state index in [0.29, 0.717) is 16.3 Å². The van der Waals surface area contributed by atoms with Gasteiger partial charge in [-0.1, -0.05) is 0 Å². The van der Waals surface area contributed by atoms with Crippen LogP contribution in [0.25, 0.3) is 11.5 Å². The second-order valence-electron chi connectivity index (χ2n) is 2.55. The summed E-state index contributed by atoms with van der Waals surface area (Å²) in [6.07, 6.45) is 0. The van der Waals surface area contributed by atoms with Crippen molar-refractivity contribution in [3.8, 4) is 17.5 Å². The highest BCUT2D eigenvalue weighted by Gasteiger charge is 2.10. The molecule has 2 aromatic rings. The fourth-order valence-corrected chi connectivity index (χ4v) is 1.64. The molecule has 0 saturated carbocycles. The third-order valence-electron chi connectivity index (χ3n) is 1.64. The van der Waals surface area contributed by atoms with Crippen LogP contribution >= 0.6 is 11.3 Å². The van der Waals surface area contributed by atoms with Crippen molar-refractivity contribution in [3.05, 3.63) is 28.3 Å². The highest BCUT2D eigenvalue weighted by Crippen LogP contribution is 2.25. The van der Waals surface area contributed by atoms with E-state index < -0.39 is 0 Å². The molecule has 0 aliphatic rings. The molecule has 0 N–H and O–H groups in total. The second-order valence-corrected chi connectivity index (χ2v) is 3.41. The van der Waals surface area contributed by atoms with Crippen LogP contribution in [-0.4, -0.2) is 4.98 Å². The molecule has 4 heteroatoms. The SMILES string of the molecule is Cc1ccc(-c2ncsc2C#N)o1. The van der Waals surface area contributed by atoms with Gasteiger partial charge in [-0.15, -0.1) is 11.3 Å². The first-order valence-electron chi connectivity index (χ1n) is 3.71. The van der Waals surface area contributed by atoms with Crippen molar-refractivity contribution in [2.75, 3.05) is 0 Å². The van der Waals surface area contributed by atoms with E-state index >= 15 is 0 Å². The number of nitrogens with zero attached hydrogens (tertiary/aromatic N) is 2. The first kappa shape index (κ1) is 8.02. The molecule has 0 amide bonds. The molecular formula is C9H6N2OS. The molecular weight excluding hydrogens is 184 g/mol. The molecule has 2 rings (SSSR count). The van der Waals surface area contributed by atoms with E-state index in [9.17, 15) is 0 Å². The number of rotatable bonds is 1. The number of aryl methyl sites for hydroxylation is 1. The van der Waals surface area contributed by atoms with E-state index in [4.69, 9.17) is 9.68 Å². The summed E-state index contributed by atoms with van der Waals surface area (Å²) in [5.41, 5.74) is 2.28. The summed E-state index contributed by atoms with van der Waals surface area (Å²) in [4.78, 5) is 4.66. The normalized spacial score (nSPS) is 9.85. The van der Waals surface area contributed by atoms with E-state index in [-0.39, 0.29) is 0 Å². The van der Waals surface area contributed by atoms with Crippen molar-refractivity contribution in [1.82, 2.24) is 4.98 Å². The Hall–Kier alpha value is -1.60. The second kappa shape index (κ2) is 3.04. The molecule has 0 atom stereocenters. The summed E-state index contributed by atoms with van der Waals surface area (Å²) in [5.74, 6) is 1.49. The Kier molecular flexibility index (Phi) is 1.87. The Bertz CT molecular complexity index is 464. The van der Waals surface area contributed by atoms with Crippen molar-refractivity contribution in [1.29, 1.82) is 5.26 Å². The lowest BCUT2D eigenvalue weighted by atomic mass is 10.3. The maximum absolute atomic E-state index is 8.75. The van der Waals surface area contributed by atoms with Gasteiger partial charge in [0.25, 0.3) is 0 Å². The average molecular weight is 190 g/mol. The molecule has 0 unspecified atom stereocenters. The molecule has 0 aromatic carbocycles. The van der Waals surface area contributed by atoms with E-state index in [2.05, 4.69) is 11.1 Å². The van der Waals surface area contributed by atoms with Crippen LogP contribution in [0.4, 0.5) is 0 Å². The Morgan fingerprint density at radius 3 is 3.00 bits per heavy atom. The lowest BCUT2D eigenvalue weighted by Crippen LogP contribution is -1.76. The highest BCUT2D eigenvalue weighted by atomic mass is 32.1. The zero-order chi connectivity index (χ0) is 9.26. The van der Waals surface area contributed by atoms with E-state index in [1.807, 2.05) is 19.1 Å². The fraction of sp³-hybridized carbons (Fsp3) is 0.111. The zero-order valence-corrected chi connectivity index (χ0v) is 7.76. The van der Waals surface area contributed by atoms with Crippen molar-refractivity contribution in [2.24, 2.45) is 0 Å². The molecule has 0 aliphatic heterocycles. The monoisotopic (exact) mass is 190 g/mol. The molecule has 2 heterocycles. The van der Waals surface area contributed by atoms with Gasteiger partial charge in [0, 0.05) is 0 Å². The molecule has 0 spiro atoms. The summed E-state index contributed by atoms with van der Waals surface area (Å²) in [6, 6.07) is 5.76. The Morgan fingerprint density at radius 2 is 2.38 bits per heavy atom. The largest absolute Gasteiger partial charge is 0.460 e. The van der Waals surface area contributed by atoms with Gasteiger partial charge in [-0.3, -0.25) is 0 Å². The smallest absolute Gasteiger partial charge is 0.154 e. The van der Waals surface area contributed by atoms with E-state index in [1.165, 1.54) is 11.3 Å². The summed E-state index contributed by atoms with van der Waals surface area (Å²) >= 11 is 1.32. The van der Waals surface area contributed by atoms with E-state index in [1.54, 1.807) is 5.51 Å². The number of hydrogen-bond acceptors (Lipinski definition) is 4. The van der Waals surface area contributed by atoms with Gasteiger partial charge in [0.1, 0.15) is 22.4 Å². The maximum Gasteiger partial charge on any atom is 0.154 e. The summed E-state index contributed by atoms with van der Waals surface area (Å²) in [6.45, 7) is 1.86. The van der Waals surface area contributed by atoms with Crippen LogP contribution in [0, 0.1) is 18.3 Å². The molecule has 0 fully saturated rings. The first-order valence-corrected chi connectivity index (χ1v) is 4.59. The van der Waals surface area contributed by atoms with Gasteiger partial charge < -0.3 is 4.42 Å². The van der Waals surface area contributed by atoms with Gasteiger partial charge in [0.2, 0.25) is 0 Å². The highest BCUT2D eigenvalue weighted by molar-refractivity contribution is 7.10. The summed E-state index contributed by atoms with van der Waals surface area (Å²) in [5, 5.41) is 8.75. The Labute approximate surface area is 79.3 Å². The first-order chi connectivity index (χ1) is 6.31. The standard InChI is InChI=1S/C9H6N2OS/c1-6-2-3-7(12-6)9-8(4-10)13-5-11-9/h2-3,5H,1H3. The van der Waals surface area contributed by atoms with Crippen LogP contribution in [0.2, 0.25) is 0 Å². The number of nitriles is 1. The topological polar surface area (TPSA) is 49.8 Å². The van der Waals surface area contributed by atoms with Crippen molar-refractivity contribution >= 4 is 11.3 Å². The van der Waals surface area contributed by atoms with Crippen LogP contribution in [0.15, 0.2) is 22.1 Å². The predicted octanol–water partition coefficient (Wildman–Crippen LogP) is 2.58. The van der Waals surface area contributed by atoms with Gasteiger partial charge in [0.15, 0.2) is 5.76 Å². The number of furan rings is 1. The van der Waals surface area contributed by atoms with Crippen LogP contribution in [-0.2, 0) is 0 Å². The zero-order valence-electron chi connectivity index (χ0n) is 6.94. The molecule has 64 valence electrons. The van der Waals surface area contributed by atoms with Crippen LogP contribution in [0.5, 0.6) is 0 Å². The quantitative estimate of drug-likeness (QED) is 0.694. The molecule has 0 radical (unpaired) electrons. The molecule has 0 saturated heterocycles. The molecule has 0 aliphatic carbocycles. The van der Waals surface area contributed by atoms with Crippen molar-refractivity contribution < 1.29 is 4.42 Å². The average Bonchev–Trinajstić information content (AvgIpc) is 2.71. The number of aromatic nitrogens is 1. The molecule has 13 heavy (non-hydrogen) atoms. The van der Waals surface area contributed by atoms with E-state index in [0.717, 1.165) is 5.76 Å². The third kappa shape index (κ3) is 1.34. The molecule has 0 bridgehead atoms. The Morgan fingerprint density at radius 1 is 1.54 bits per heavy atom. The Balaban J connectivity index is 2.53. The van der Waals surface area contributed by atoms with Crippen molar-refractivity contribution in [3.63, 3.8) is 0 Å². The lowest BCUT2D eigenvalue weighted by molar-refractivity contribution is 0.546. The minimum absolute atomic E-state index is 0.592. The van der Waals surface area contributed by atoms with Gasteiger partial charge in [-0.2, -0.15) is 5.26 Å². The van der Waals surface area contributed by atoms with Crippen LogP contribution < -0.4 is 0 Å². The fourth-order valence-electron chi connectivity index (χ4n) is 1.06. The van der Waals surface area contributed by atoms with Crippen LogP contribution in [0.3, 0.4) is 0 Å². The summed E-state index contributed by atoms with van der Waals surface area (Å²) in [7, 11) is 0. The molecule has 3 nitrogen and oxygen atoms in total. The minimum Gasteiger partial charge on any atom is -0.460 e. The maximum atomic E-state index is 8.75. The van der Waals surface area contributed by atoms with Gasteiger partial charge in [0.05, 0.1) is 5.51 Å². The minimum atomic E-state index is 0.592. The number of thiazole rings is 1. The van der Waals surface area contributed by atoms with Gasteiger partial charge in [-0.05, 0) is 19.1 Å². The van der Waals surface area contributed by atoms with Crippen LogP contribution in [0.1, 0.15) is 10.6 Å². The third-order valence-corrected chi connectivity index (χ3v) is 2.37. The van der Waals surface area contributed by atoms with Gasteiger partial charge >= 0.3 is 0 Å². The van der Waals surface area contributed by atoms with Gasteiger partial charge in [-0.25, -0.2) is 4.98 Å².